The predicted octanol–water partition coefficient (Wildman–Crippen LogP) is 4.93. The lowest BCUT2D eigenvalue weighted by molar-refractivity contribution is 0.0600. The number of benzene rings is 3. The zero-order chi connectivity index (χ0) is 19.1. The van der Waals surface area contributed by atoms with E-state index >= 15 is 0 Å². The van der Waals surface area contributed by atoms with Gasteiger partial charge in [0, 0.05) is 11.8 Å². The number of hydrogen-bond donors (Lipinski definition) is 0. The zero-order valence-electron chi connectivity index (χ0n) is 15.3. The summed E-state index contributed by atoms with van der Waals surface area (Å²) >= 11 is 0. The average Bonchev–Trinajstić information content (AvgIpc) is 2.72. The first-order chi connectivity index (χ1) is 13.2. The van der Waals surface area contributed by atoms with E-state index in [4.69, 9.17) is 4.74 Å². The summed E-state index contributed by atoms with van der Waals surface area (Å²) in [5.74, 6) is 5.92. The molecule has 0 heterocycles. The Hall–Kier alpha value is -3.64. The maximum Gasteiger partial charge on any atom is 0.337 e. The molecule has 3 aromatic carbocycles. The van der Waals surface area contributed by atoms with Crippen LogP contribution >= 0.6 is 0 Å². The SMILES string of the molecule is COC(=O)c1ccc(C#Cc2ccccc2N=Cc2ccc(C)cc2)cc1. The number of rotatable bonds is 3. The molecular weight excluding hydrogens is 334 g/mol. The number of carbonyl (C=O) groups is 1. The highest BCUT2D eigenvalue weighted by molar-refractivity contribution is 5.89. The van der Waals surface area contributed by atoms with Gasteiger partial charge in [-0.1, -0.05) is 53.8 Å². The third-order valence-corrected chi connectivity index (χ3v) is 3.98. The summed E-state index contributed by atoms with van der Waals surface area (Å²) in [6.07, 6.45) is 1.84. The van der Waals surface area contributed by atoms with Gasteiger partial charge in [-0.25, -0.2) is 4.79 Å². The van der Waals surface area contributed by atoms with Gasteiger partial charge < -0.3 is 4.74 Å². The molecule has 0 aromatic heterocycles. The van der Waals surface area contributed by atoms with Crippen molar-refractivity contribution in [3.8, 4) is 11.8 Å². The molecule has 0 radical (unpaired) electrons. The average molecular weight is 353 g/mol. The Morgan fingerprint density at radius 1 is 0.926 bits per heavy atom. The van der Waals surface area contributed by atoms with E-state index in [1.54, 1.807) is 24.3 Å². The molecule has 0 saturated carbocycles. The largest absolute Gasteiger partial charge is 0.465 e. The van der Waals surface area contributed by atoms with Crippen LogP contribution in [-0.4, -0.2) is 19.3 Å². The molecule has 0 saturated heterocycles. The summed E-state index contributed by atoms with van der Waals surface area (Å²) in [6.45, 7) is 2.06. The molecular formula is C24H19NO2. The highest BCUT2D eigenvalue weighted by Crippen LogP contribution is 2.18. The normalized spacial score (nSPS) is 10.3. The Morgan fingerprint density at radius 3 is 2.33 bits per heavy atom. The maximum absolute atomic E-state index is 11.5. The van der Waals surface area contributed by atoms with Gasteiger partial charge in [0.05, 0.1) is 23.9 Å². The molecule has 0 spiro atoms. The van der Waals surface area contributed by atoms with E-state index in [1.165, 1.54) is 12.7 Å². The molecule has 3 nitrogen and oxygen atoms in total. The van der Waals surface area contributed by atoms with E-state index in [0.717, 1.165) is 22.4 Å². The molecule has 0 fully saturated rings. The number of nitrogens with zero attached hydrogens (tertiary/aromatic N) is 1. The van der Waals surface area contributed by atoms with Gasteiger partial charge in [-0.3, -0.25) is 4.99 Å². The minimum Gasteiger partial charge on any atom is -0.465 e. The molecule has 0 amide bonds. The van der Waals surface area contributed by atoms with Crippen LogP contribution in [0, 0.1) is 18.8 Å². The minimum atomic E-state index is -0.356. The van der Waals surface area contributed by atoms with Crippen LogP contribution in [0.1, 0.15) is 32.6 Å². The number of para-hydroxylation sites is 1. The number of carbonyl (C=O) groups excluding carboxylic acids is 1. The predicted molar refractivity (Wildman–Crippen MR) is 109 cm³/mol. The second kappa shape index (κ2) is 8.64. The standard InChI is InChI=1S/C24H19NO2/c1-18-7-9-20(10-8-18)17-25-23-6-4-3-5-21(23)14-11-19-12-15-22(16-13-19)24(26)27-2/h3-10,12-13,15-17H,1-2H3. The third-order valence-electron chi connectivity index (χ3n) is 3.98. The van der Waals surface area contributed by atoms with E-state index in [-0.39, 0.29) is 5.97 Å². The molecule has 3 aromatic rings. The van der Waals surface area contributed by atoms with Crippen LogP contribution in [0.2, 0.25) is 0 Å². The fourth-order valence-corrected chi connectivity index (χ4v) is 2.44. The van der Waals surface area contributed by atoms with Crippen molar-refractivity contribution in [3.63, 3.8) is 0 Å². The molecule has 27 heavy (non-hydrogen) atoms. The fraction of sp³-hybridized carbons (Fsp3) is 0.0833. The molecule has 0 aliphatic rings. The van der Waals surface area contributed by atoms with Gasteiger partial charge >= 0.3 is 5.97 Å². The Morgan fingerprint density at radius 2 is 1.63 bits per heavy atom. The van der Waals surface area contributed by atoms with E-state index in [9.17, 15) is 4.79 Å². The second-order valence-electron chi connectivity index (χ2n) is 6.00. The Bertz CT molecular complexity index is 1020. The van der Waals surface area contributed by atoms with Crippen LogP contribution in [0.15, 0.2) is 77.8 Å². The number of hydrogen-bond acceptors (Lipinski definition) is 3. The van der Waals surface area contributed by atoms with Crippen molar-refractivity contribution in [2.75, 3.05) is 7.11 Å². The number of methoxy groups -OCH3 is 1. The molecule has 132 valence electrons. The van der Waals surface area contributed by atoms with Crippen LogP contribution in [0.3, 0.4) is 0 Å². The van der Waals surface area contributed by atoms with Gasteiger partial charge in [0.25, 0.3) is 0 Å². The fourth-order valence-electron chi connectivity index (χ4n) is 2.44. The smallest absolute Gasteiger partial charge is 0.337 e. The summed E-state index contributed by atoms with van der Waals surface area (Å²) in [7, 11) is 1.37. The second-order valence-corrected chi connectivity index (χ2v) is 6.00. The van der Waals surface area contributed by atoms with E-state index < -0.39 is 0 Å². The van der Waals surface area contributed by atoms with Crippen LogP contribution in [0.5, 0.6) is 0 Å². The first kappa shape index (κ1) is 18.2. The van der Waals surface area contributed by atoms with Gasteiger partial charge in [0.15, 0.2) is 0 Å². The summed E-state index contributed by atoms with van der Waals surface area (Å²) in [5, 5.41) is 0. The highest BCUT2D eigenvalue weighted by atomic mass is 16.5. The first-order valence-corrected chi connectivity index (χ1v) is 8.56. The molecule has 0 aliphatic carbocycles. The number of aliphatic imine (C=N–C) groups is 1. The van der Waals surface area contributed by atoms with Crippen molar-refractivity contribution >= 4 is 17.9 Å². The molecule has 0 atom stereocenters. The van der Waals surface area contributed by atoms with Crippen LogP contribution in [0.4, 0.5) is 5.69 Å². The van der Waals surface area contributed by atoms with Gasteiger partial charge in [-0.2, -0.15) is 0 Å². The van der Waals surface area contributed by atoms with Crippen molar-refractivity contribution in [2.24, 2.45) is 4.99 Å². The molecule has 0 bridgehead atoms. The maximum atomic E-state index is 11.5. The lowest BCUT2D eigenvalue weighted by Crippen LogP contribution is -2.00. The van der Waals surface area contributed by atoms with E-state index in [0.29, 0.717) is 5.56 Å². The lowest BCUT2D eigenvalue weighted by Gasteiger charge is -1.99. The summed E-state index contributed by atoms with van der Waals surface area (Å²) < 4.78 is 4.70. The Kier molecular flexibility index (Phi) is 5.81. The highest BCUT2D eigenvalue weighted by Gasteiger charge is 2.03. The first-order valence-electron chi connectivity index (χ1n) is 8.56. The van der Waals surface area contributed by atoms with Crippen LogP contribution in [-0.2, 0) is 4.74 Å². The van der Waals surface area contributed by atoms with Gasteiger partial charge in [-0.15, -0.1) is 0 Å². The molecule has 3 heteroatoms. The Labute approximate surface area is 159 Å². The zero-order valence-corrected chi connectivity index (χ0v) is 15.3. The van der Waals surface area contributed by atoms with Gasteiger partial charge in [0.1, 0.15) is 0 Å². The van der Waals surface area contributed by atoms with Crippen LogP contribution < -0.4 is 0 Å². The van der Waals surface area contributed by atoms with Crippen molar-refractivity contribution in [3.05, 3.63) is 101 Å². The van der Waals surface area contributed by atoms with Crippen molar-refractivity contribution in [2.45, 2.75) is 6.92 Å². The van der Waals surface area contributed by atoms with E-state index in [2.05, 4.69) is 35.9 Å². The van der Waals surface area contributed by atoms with Gasteiger partial charge in [0.2, 0.25) is 0 Å². The minimum absolute atomic E-state index is 0.356. The molecule has 0 aliphatic heterocycles. The lowest BCUT2D eigenvalue weighted by atomic mass is 10.1. The number of ether oxygens (including phenoxy) is 1. The molecule has 3 rings (SSSR count). The molecule has 0 unspecified atom stereocenters. The monoisotopic (exact) mass is 353 g/mol. The van der Waals surface area contributed by atoms with Gasteiger partial charge in [-0.05, 0) is 48.9 Å². The summed E-state index contributed by atoms with van der Waals surface area (Å²) in [6, 6.07) is 23.0. The summed E-state index contributed by atoms with van der Waals surface area (Å²) in [4.78, 5) is 16.1. The van der Waals surface area contributed by atoms with Crippen molar-refractivity contribution in [1.82, 2.24) is 0 Å². The van der Waals surface area contributed by atoms with E-state index in [1.807, 2.05) is 42.6 Å². The number of esters is 1. The van der Waals surface area contributed by atoms with Crippen molar-refractivity contribution < 1.29 is 9.53 Å². The quantitative estimate of drug-likeness (QED) is 0.380. The topological polar surface area (TPSA) is 38.7 Å². The Balaban J connectivity index is 1.81. The van der Waals surface area contributed by atoms with Crippen LogP contribution in [0.25, 0.3) is 0 Å². The number of aryl methyl sites for hydroxylation is 1. The molecule has 0 N–H and O–H groups in total. The third kappa shape index (κ3) is 4.93. The van der Waals surface area contributed by atoms with Crippen molar-refractivity contribution in [1.29, 1.82) is 0 Å². The summed E-state index contributed by atoms with van der Waals surface area (Å²) in [5.41, 5.74) is 5.25.